The highest BCUT2D eigenvalue weighted by Gasteiger charge is 2.35. The molecule has 1 aliphatic rings. The van der Waals surface area contributed by atoms with Crippen LogP contribution < -0.4 is 15.8 Å². The Balaban J connectivity index is 2.09. The van der Waals surface area contributed by atoms with Crippen molar-refractivity contribution in [1.82, 2.24) is 0 Å². The van der Waals surface area contributed by atoms with E-state index in [0.717, 1.165) is 5.69 Å². The van der Waals surface area contributed by atoms with E-state index in [2.05, 4.69) is 5.32 Å². The molecule has 0 aromatic heterocycles. The number of benzene rings is 1. The van der Waals surface area contributed by atoms with Crippen molar-refractivity contribution in [3.63, 3.8) is 0 Å². The fourth-order valence-corrected chi connectivity index (χ4v) is 1.88. The van der Waals surface area contributed by atoms with Crippen molar-refractivity contribution in [2.45, 2.75) is 25.0 Å². The third-order valence-corrected chi connectivity index (χ3v) is 2.90. The standard InChI is InChI=1S/C12H16N2O4/c1-12(17,11(15)16)5-8-6-14-9-4-7(13)2-3-10(9)18-8/h2-4,8,14,17H,5-6,13H2,1H3,(H,15,16)/t8-,12-/m0/s1. The molecule has 98 valence electrons. The highest BCUT2D eigenvalue weighted by Crippen LogP contribution is 2.32. The van der Waals surface area contributed by atoms with Crippen LogP contribution in [0.4, 0.5) is 11.4 Å². The van der Waals surface area contributed by atoms with Crippen molar-refractivity contribution in [1.29, 1.82) is 0 Å². The Kier molecular flexibility index (Phi) is 3.04. The van der Waals surface area contributed by atoms with Crippen LogP contribution >= 0.6 is 0 Å². The Hall–Kier alpha value is -1.95. The van der Waals surface area contributed by atoms with E-state index < -0.39 is 17.7 Å². The van der Waals surface area contributed by atoms with Crippen molar-refractivity contribution in [3.8, 4) is 5.75 Å². The van der Waals surface area contributed by atoms with Crippen molar-refractivity contribution in [2.24, 2.45) is 0 Å². The predicted octanol–water partition coefficient (Wildman–Crippen LogP) is 0.667. The van der Waals surface area contributed by atoms with E-state index >= 15 is 0 Å². The first-order valence-corrected chi connectivity index (χ1v) is 5.64. The molecule has 2 atom stereocenters. The van der Waals surface area contributed by atoms with Gasteiger partial charge in [0, 0.05) is 12.1 Å². The van der Waals surface area contributed by atoms with Gasteiger partial charge in [-0.05, 0) is 25.1 Å². The Morgan fingerprint density at radius 2 is 2.39 bits per heavy atom. The first-order chi connectivity index (χ1) is 8.38. The highest BCUT2D eigenvalue weighted by molar-refractivity contribution is 5.76. The maximum absolute atomic E-state index is 10.8. The average Bonchev–Trinajstić information content (AvgIpc) is 2.28. The number of nitrogens with one attached hydrogen (secondary N) is 1. The molecule has 0 radical (unpaired) electrons. The molecule has 2 rings (SSSR count). The number of rotatable bonds is 3. The SMILES string of the molecule is C[C@](O)(C[C@H]1CNc2cc(N)ccc2O1)C(=O)O. The van der Waals surface area contributed by atoms with Gasteiger partial charge in [-0.3, -0.25) is 0 Å². The van der Waals surface area contributed by atoms with Crippen LogP contribution in [0.1, 0.15) is 13.3 Å². The maximum Gasteiger partial charge on any atom is 0.335 e. The third-order valence-electron chi connectivity index (χ3n) is 2.90. The minimum Gasteiger partial charge on any atom is -0.486 e. The molecular formula is C12H16N2O4. The zero-order valence-electron chi connectivity index (χ0n) is 10.0. The summed E-state index contributed by atoms with van der Waals surface area (Å²) in [6.45, 7) is 1.69. The topological polar surface area (TPSA) is 105 Å². The van der Waals surface area contributed by atoms with Gasteiger partial charge in [0.15, 0.2) is 5.60 Å². The van der Waals surface area contributed by atoms with Gasteiger partial charge >= 0.3 is 5.97 Å². The minimum atomic E-state index is -1.79. The van der Waals surface area contributed by atoms with Crippen molar-refractivity contribution in [3.05, 3.63) is 18.2 Å². The Morgan fingerprint density at radius 3 is 3.06 bits per heavy atom. The molecule has 0 spiro atoms. The van der Waals surface area contributed by atoms with E-state index in [9.17, 15) is 9.90 Å². The van der Waals surface area contributed by atoms with Crippen LogP contribution in [-0.4, -0.2) is 34.4 Å². The molecule has 0 bridgehead atoms. The van der Waals surface area contributed by atoms with Crippen molar-refractivity contribution < 1.29 is 19.7 Å². The maximum atomic E-state index is 10.8. The number of ether oxygens (including phenoxy) is 1. The molecule has 0 saturated carbocycles. The van der Waals surface area contributed by atoms with Gasteiger partial charge in [0.2, 0.25) is 0 Å². The number of carbonyl (C=O) groups is 1. The van der Waals surface area contributed by atoms with Crippen molar-refractivity contribution >= 4 is 17.3 Å². The number of fused-ring (bicyclic) bond motifs is 1. The number of carboxylic acids is 1. The second-order valence-electron chi connectivity index (χ2n) is 4.66. The Bertz CT molecular complexity index is 473. The number of aliphatic hydroxyl groups is 1. The lowest BCUT2D eigenvalue weighted by Gasteiger charge is -2.31. The molecular weight excluding hydrogens is 236 g/mol. The first kappa shape index (κ1) is 12.5. The van der Waals surface area contributed by atoms with E-state index in [1.807, 2.05) is 0 Å². The van der Waals surface area contributed by atoms with E-state index in [0.29, 0.717) is 18.0 Å². The summed E-state index contributed by atoms with van der Waals surface area (Å²) < 4.78 is 5.63. The van der Waals surface area contributed by atoms with Crippen LogP contribution in [-0.2, 0) is 4.79 Å². The molecule has 5 N–H and O–H groups in total. The molecule has 1 aromatic carbocycles. The lowest BCUT2D eigenvalue weighted by molar-refractivity contribution is -0.159. The summed E-state index contributed by atoms with van der Waals surface area (Å²) in [5, 5.41) is 21.7. The summed E-state index contributed by atoms with van der Waals surface area (Å²) in [5.74, 6) is -0.643. The number of hydrogen-bond donors (Lipinski definition) is 4. The van der Waals surface area contributed by atoms with Crippen LogP contribution in [0.3, 0.4) is 0 Å². The monoisotopic (exact) mass is 252 g/mol. The molecule has 0 unspecified atom stereocenters. The fraction of sp³-hybridized carbons (Fsp3) is 0.417. The molecule has 0 saturated heterocycles. The summed E-state index contributed by atoms with van der Waals surface area (Å²) in [6, 6.07) is 5.18. The molecule has 1 aliphatic heterocycles. The molecule has 6 heteroatoms. The molecule has 0 fully saturated rings. The van der Waals surface area contributed by atoms with Gasteiger partial charge in [-0.15, -0.1) is 0 Å². The lowest BCUT2D eigenvalue weighted by atomic mass is 9.98. The Labute approximate surface area is 104 Å². The molecule has 0 aliphatic carbocycles. The van der Waals surface area contributed by atoms with E-state index in [1.54, 1.807) is 18.2 Å². The van der Waals surface area contributed by atoms with Crippen LogP contribution in [0.15, 0.2) is 18.2 Å². The second-order valence-corrected chi connectivity index (χ2v) is 4.66. The van der Waals surface area contributed by atoms with E-state index in [4.69, 9.17) is 15.6 Å². The molecule has 1 aromatic rings. The van der Waals surface area contributed by atoms with Gasteiger partial charge < -0.3 is 26.0 Å². The number of nitrogens with two attached hydrogens (primary N) is 1. The van der Waals surface area contributed by atoms with E-state index in [-0.39, 0.29) is 6.42 Å². The zero-order valence-corrected chi connectivity index (χ0v) is 10.0. The summed E-state index contributed by atoms with van der Waals surface area (Å²) in [6.07, 6.45) is -0.383. The first-order valence-electron chi connectivity index (χ1n) is 5.64. The number of aliphatic carboxylic acids is 1. The summed E-state index contributed by atoms with van der Waals surface area (Å²) in [4.78, 5) is 10.8. The predicted molar refractivity (Wildman–Crippen MR) is 66.6 cm³/mol. The van der Waals surface area contributed by atoms with Gasteiger partial charge in [-0.1, -0.05) is 0 Å². The van der Waals surface area contributed by atoms with Crippen LogP contribution in [0.25, 0.3) is 0 Å². The van der Waals surface area contributed by atoms with Gasteiger partial charge in [-0.25, -0.2) is 4.79 Å². The zero-order chi connectivity index (χ0) is 13.3. The fourth-order valence-electron chi connectivity index (χ4n) is 1.88. The third kappa shape index (κ3) is 2.48. The normalized spacial score (nSPS) is 21.1. The lowest BCUT2D eigenvalue weighted by Crippen LogP contribution is -2.43. The van der Waals surface area contributed by atoms with Gasteiger partial charge in [0.25, 0.3) is 0 Å². The molecule has 18 heavy (non-hydrogen) atoms. The minimum absolute atomic E-state index is 0.0130. The van der Waals surface area contributed by atoms with Gasteiger partial charge in [0.1, 0.15) is 11.9 Å². The summed E-state index contributed by atoms with van der Waals surface area (Å²) >= 11 is 0. The second kappa shape index (κ2) is 4.38. The average molecular weight is 252 g/mol. The highest BCUT2D eigenvalue weighted by atomic mass is 16.5. The Morgan fingerprint density at radius 1 is 1.67 bits per heavy atom. The van der Waals surface area contributed by atoms with Gasteiger partial charge in [-0.2, -0.15) is 0 Å². The van der Waals surface area contributed by atoms with Crippen LogP contribution in [0, 0.1) is 0 Å². The van der Waals surface area contributed by atoms with Crippen LogP contribution in [0.5, 0.6) is 5.75 Å². The largest absolute Gasteiger partial charge is 0.486 e. The van der Waals surface area contributed by atoms with Crippen molar-refractivity contribution in [2.75, 3.05) is 17.6 Å². The summed E-state index contributed by atoms with van der Waals surface area (Å²) in [5.41, 5.74) is 5.26. The van der Waals surface area contributed by atoms with Crippen LogP contribution in [0.2, 0.25) is 0 Å². The number of hydrogen-bond acceptors (Lipinski definition) is 5. The smallest absolute Gasteiger partial charge is 0.335 e. The molecule has 0 amide bonds. The quantitative estimate of drug-likeness (QED) is 0.589. The summed E-state index contributed by atoms with van der Waals surface area (Å²) in [7, 11) is 0. The van der Waals surface area contributed by atoms with E-state index in [1.165, 1.54) is 6.92 Å². The molecule has 1 heterocycles. The van der Waals surface area contributed by atoms with Gasteiger partial charge in [0.05, 0.1) is 12.2 Å². The molecule has 6 nitrogen and oxygen atoms in total. The number of carboxylic acid groups (broad SMARTS) is 1. The number of nitrogen functional groups attached to an aromatic ring is 1. The number of anilines is 2.